The summed E-state index contributed by atoms with van der Waals surface area (Å²) in [5.41, 5.74) is 1.80. The molecule has 0 saturated heterocycles. The molecular weight excluding hydrogens is 610 g/mol. The van der Waals surface area contributed by atoms with Crippen molar-refractivity contribution in [3.05, 3.63) is 125 Å². The van der Waals surface area contributed by atoms with E-state index in [1.54, 1.807) is 60.7 Å². The Hall–Kier alpha value is -4.34. The third-order valence-electron chi connectivity index (χ3n) is 7.37. The highest BCUT2D eigenvalue weighted by Gasteiger charge is 2.34. The quantitative estimate of drug-likeness (QED) is 0.157. The van der Waals surface area contributed by atoms with Crippen molar-refractivity contribution < 1.29 is 22.7 Å². The molecule has 4 aromatic carbocycles. The van der Waals surface area contributed by atoms with Crippen LogP contribution in [-0.2, 0) is 32.6 Å². The number of halogens is 1. The summed E-state index contributed by atoms with van der Waals surface area (Å²) < 4.78 is 34.5. The van der Waals surface area contributed by atoms with Crippen LogP contribution in [0.5, 0.6) is 5.75 Å². The topological polar surface area (TPSA) is 96.0 Å². The number of carbonyl (C=O) groups is 2. The number of methoxy groups -OCH3 is 1. The molecule has 0 radical (unpaired) electrons. The third-order valence-corrected chi connectivity index (χ3v) is 9.53. The molecule has 0 bridgehead atoms. The van der Waals surface area contributed by atoms with E-state index in [0.29, 0.717) is 28.6 Å². The van der Waals surface area contributed by atoms with Crippen molar-refractivity contribution in [3.63, 3.8) is 0 Å². The Morgan fingerprint density at radius 2 is 1.49 bits per heavy atom. The Morgan fingerprint density at radius 3 is 2.11 bits per heavy atom. The van der Waals surface area contributed by atoms with Crippen LogP contribution in [-0.4, -0.2) is 51.4 Å². The monoisotopic (exact) mass is 647 g/mol. The molecule has 0 fully saturated rings. The minimum atomic E-state index is -4.21. The smallest absolute Gasteiger partial charge is 0.264 e. The maximum absolute atomic E-state index is 14.5. The van der Waals surface area contributed by atoms with Crippen LogP contribution in [0.1, 0.15) is 30.9 Å². The Bertz CT molecular complexity index is 1650. The van der Waals surface area contributed by atoms with Gasteiger partial charge in [0.15, 0.2) is 0 Å². The molecule has 0 unspecified atom stereocenters. The molecule has 0 spiro atoms. The van der Waals surface area contributed by atoms with Crippen molar-refractivity contribution in [2.45, 2.75) is 43.7 Å². The van der Waals surface area contributed by atoms with Gasteiger partial charge in [0.2, 0.25) is 11.8 Å². The zero-order valence-electron chi connectivity index (χ0n) is 25.4. The average Bonchev–Trinajstić information content (AvgIpc) is 3.06. The lowest BCUT2D eigenvalue weighted by molar-refractivity contribution is -0.140. The van der Waals surface area contributed by atoms with Crippen molar-refractivity contribution >= 4 is 39.1 Å². The molecule has 0 saturated carbocycles. The molecule has 1 atom stereocenters. The van der Waals surface area contributed by atoms with Gasteiger partial charge < -0.3 is 15.0 Å². The summed E-state index contributed by atoms with van der Waals surface area (Å²) in [6.07, 6.45) is 1.90. The predicted octanol–water partition coefficient (Wildman–Crippen LogP) is 6.10. The highest BCUT2D eigenvalue weighted by molar-refractivity contribution is 7.92. The highest BCUT2D eigenvalue weighted by atomic mass is 35.5. The highest BCUT2D eigenvalue weighted by Crippen LogP contribution is 2.27. The van der Waals surface area contributed by atoms with Crippen LogP contribution in [0.25, 0.3) is 0 Å². The van der Waals surface area contributed by atoms with Crippen molar-refractivity contribution in [1.29, 1.82) is 0 Å². The zero-order valence-corrected chi connectivity index (χ0v) is 27.0. The molecule has 4 aromatic rings. The predicted molar refractivity (Wildman–Crippen MR) is 178 cm³/mol. The molecule has 2 amide bonds. The van der Waals surface area contributed by atoms with E-state index in [9.17, 15) is 18.0 Å². The number of sulfonamides is 1. The van der Waals surface area contributed by atoms with Crippen LogP contribution in [0.15, 0.2) is 114 Å². The summed E-state index contributed by atoms with van der Waals surface area (Å²) in [6, 6.07) is 30.0. The summed E-state index contributed by atoms with van der Waals surface area (Å²) >= 11 is 6.54. The largest absolute Gasteiger partial charge is 0.497 e. The number of hydrogen-bond acceptors (Lipinski definition) is 5. The Labute approximate surface area is 270 Å². The number of carbonyl (C=O) groups excluding carboxylic acids is 2. The van der Waals surface area contributed by atoms with Crippen LogP contribution in [0.3, 0.4) is 0 Å². The standard InChI is InChI=1S/C35H38ClN3O5S/c1-3-4-23-37-35(41)33(24-27-13-7-5-8-14-27)38(25-28-15-11-12-18-32(28)36)34(40)26-39(29-16-9-6-10-17-29)45(42,43)31-21-19-30(44-2)20-22-31/h5-22,33H,3-4,23-26H2,1-2H3,(H,37,41)/t33-/m1/s1. The lowest BCUT2D eigenvalue weighted by Gasteiger charge is -2.34. The fraction of sp³-hybridized carbons (Fsp3) is 0.257. The second-order valence-corrected chi connectivity index (χ2v) is 12.8. The van der Waals surface area contributed by atoms with Gasteiger partial charge in [-0.3, -0.25) is 13.9 Å². The Morgan fingerprint density at radius 1 is 0.867 bits per heavy atom. The fourth-order valence-corrected chi connectivity index (χ4v) is 6.48. The van der Waals surface area contributed by atoms with Crippen LogP contribution in [0.4, 0.5) is 5.69 Å². The van der Waals surface area contributed by atoms with Crippen molar-refractivity contribution in [2.75, 3.05) is 24.5 Å². The molecule has 0 aliphatic heterocycles. The van der Waals surface area contributed by atoms with E-state index >= 15 is 0 Å². The number of hydrogen-bond donors (Lipinski definition) is 1. The number of amides is 2. The van der Waals surface area contributed by atoms with E-state index in [1.165, 1.54) is 24.1 Å². The van der Waals surface area contributed by atoms with E-state index in [1.807, 2.05) is 43.3 Å². The van der Waals surface area contributed by atoms with E-state index in [0.717, 1.165) is 22.7 Å². The van der Waals surface area contributed by atoms with Gasteiger partial charge in [0.05, 0.1) is 17.7 Å². The Kier molecular flexibility index (Phi) is 12.0. The van der Waals surface area contributed by atoms with Gasteiger partial charge in [0, 0.05) is 24.5 Å². The van der Waals surface area contributed by atoms with Gasteiger partial charge in [-0.1, -0.05) is 91.7 Å². The first-order valence-corrected chi connectivity index (χ1v) is 16.6. The number of rotatable bonds is 15. The van der Waals surface area contributed by atoms with Gasteiger partial charge in [-0.25, -0.2) is 8.42 Å². The molecule has 45 heavy (non-hydrogen) atoms. The minimum absolute atomic E-state index is 0.00240. The summed E-state index contributed by atoms with van der Waals surface area (Å²) in [6.45, 7) is 1.94. The Balaban J connectivity index is 1.77. The third kappa shape index (κ3) is 8.86. The first kappa shape index (κ1) is 33.6. The first-order valence-electron chi connectivity index (χ1n) is 14.8. The van der Waals surface area contributed by atoms with E-state index < -0.39 is 28.5 Å². The molecule has 4 rings (SSSR count). The van der Waals surface area contributed by atoms with E-state index in [-0.39, 0.29) is 23.8 Å². The van der Waals surface area contributed by atoms with Gasteiger partial charge in [0.1, 0.15) is 18.3 Å². The van der Waals surface area contributed by atoms with Crippen molar-refractivity contribution in [1.82, 2.24) is 10.2 Å². The van der Waals surface area contributed by atoms with Gasteiger partial charge in [-0.2, -0.15) is 0 Å². The molecule has 0 heterocycles. The van der Waals surface area contributed by atoms with Crippen LogP contribution in [0, 0.1) is 0 Å². The number of benzene rings is 4. The molecule has 0 aliphatic rings. The number of nitrogens with one attached hydrogen (secondary N) is 1. The second-order valence-electron chi connectivity index (χ2n) is 10.5. The lowest BCUT2D eigenvalue weighted by atomic mass is 10.0. The van der Waals surface area contributed by atoms with Crippen LogP contribution >= 0.6 is 11.6 Å². The summed E-state index contributed by atoms with van der Waals surface area (Å²) in [5.74, 6) is -0.376. The minimum Gasteiger partial charge on any atom is -0.497 e. The van der Waals surface area contributed by atoms with Gasteiger partial charge >= 0.3 is 0 Å². The number of nitrogens with zero attached hydrogens (tertiary/aromatic N) is 2. The summed E-state index contributed by atoms with van der Waals surface area (Å²) in [5, 5.41) is 3.42. The molecule has 10 heteroatoms. The number of anilines is 1. The van der Waals surface area contributed by atoms with Crippen molar-refractivity contribution in [2.24, 2.45) is 0 Å². The summed E-state index contributed by atoms with van der Waals surface area (Å²) in [4.78, 5) is 29.7. The van der Waals surface area contributed by atoms with E-state index in [4.69, 9.17) is 16.3 Å². The molecular formula is C35H38ClN3O5S. The molecule has 236 valence electrons. The van der Waals surface area contributed by atoms with E-state index in [2.05, 4.69) is 5.32 Å². The number of unbranched alkanes of at least 4 members (excludes halogenated alkanes) is 1. The van der Waals surface area contributed by atoms with Crippen LogP contribution in [0.2, 0.25) is 5.02 Å². The average molecular weight is 648 g/mol. The van der Waals surface area contributed by atoms with Gasteiger partial charge in [-0.05, 0) is 60.0 Å². The maximum atomic E-state index is 14.5. The fourth-order valence-electron chi connectivity index (χ4n) is 4.87. The second kappa shape index (κ2) is 16.1. The SMILES string of the molecule is CCCCNC(=O)[C@@H](Cc1ccccc1)N(Cc1ccccc1Cl)C(=O)CN(c1ccccc1)S(=O)(=O)c1ccc(OC)cc1. The zero-order chi connectivity index (χ0) is 32.2. The normalized spacial score (nSPS) is 11.8. The first-order chi connectivity index (χ1) is 21.7. The molecule has 0 aliphatic carbocycles. The summed E-state index contributed by atoms with van der Waals surface area (Å²) in [7, 11) is -2.71. The van der Waals surface area contributed by atoms with Gasteiger partial charge in [0.25, 0.3) is 10.0 Å². The maximum Gasteiger partial charge on any atom is 0.264 e. The molecule has 0 aromatic heterocycles. The molecule has 8 nitrogen and oxygen atoms in total. The van der Waals surface area contributed by atoms with Gasteiger partial charge in [-0.15, -0.1) is 0 Å². The van der Waals surface area contributed by atoms with Crippen molar-refractivity contribution in [3.8, 4) is 5.75 Å². The number of para-hydroxylation sites is 1. The molecule has 1 N–H and O–H groups in total. The lowest BCUT2D eigenvalue weighted by Crippen LogP contribution is -2.53. The number of ether oxygens (including phenoxy) is 1. The van der Waals surface area contributed by atoms with Crippen LogP contribution < -0.4 is 14.4 Å².